The second-order valence-corrected chi connectivity index (χ2v) is 6.81. The van der Waals surface area contributed by atoms with Gasteiger partial charge in [0.1, 0.15) is 0 Å². The molecule has 80 valence electrons. The summed E-state index contributed by atoms with van der Waals surface area (Å²) in [6.45, 7) is 10.2. The van der Waals surface area contributed by atoms with Crippen molar-refractivity contribution < 1.29 is 4.79 Å². The molecule has 1 fully saturated rings. The van der Waals surface area contributed by atoms with Gasteiger partial charge in [-0.05, 0) is 0 Å². The minimum atomic E-state index is 0.169. The van der Waals surface area contributed by atoms with Crippen LogP contribution < -0.4 is 0 Å². The SMILES string of the molecule is CC(C)N=C1[Se]C(C)C(=O)N1C(C)C. The molecule has 0 aromatic heterocycles. The van der Waals surface area contributed by atoms with Crippen LogP contribution in [0.5, 0.6) is 0 Å². The number of amides is 1. The molecule has 0 N–H and O–H groups in total. The number of nitrogens with zero attached hydrogens (tertiary/aromatic N) is 2. The summed E-state index contributed by atoms with van der Waals surface area (Å²) in [5, 5.41) is 0. The van der Waals surface area contributed by atoms with Crippen molar-refractivity contribution in [2.45, 2.75) is 51.5 Å². The fourth-order valence-corrected chi connectivity index (χ4v) is 3.90. The summed E-state index contributed by atoms with van der Waals surface area (Å²) in [4.78, 5) is 18.4. The van der Waals surface area contributed by atoms with E-state index in [-0.39, 0.29) is 37.8 Å². The predicted molar refractivity (Wildman–Crippen MR) is 59.7 cm³/mol. The standard InChI is InChI=1S/C10H18N2OSe/c1-6(2)11-10-12(7(3)4)9(13)8(5)14-10/h6-8H,1-5H3. The Labute approximate surface area is 92.1 Å². The molecule has 14 heavy (non-hydrogen) atoms. The number of rotatable bonds is 2. The van der Waals surface area contributed by atoms with E-state index in [0.29, 0.717) is 0 Å². The first-order chi connectivity index (χ1) is 6.43. The van der Waals surface area contributed by atoms with Crippen LogP contribution in [0.4, 0.5) is 0 Å². The molecule has 0 aromatic rings. The van der Waals surface area contributed by atoms with Gasteiger partial charge in [0.15, 0.2) is 0 Å². The van der Waals surface area contributed by atoms with Gasteiger partial charge in [-0.15, -0.1) is 0 Å². The van der Waals surface area contributed by atoms with E-state index in [0.717, 1.165) is 4.73 Å². The number of hydrogen-bond donors (Lipinski definition) is 0. The summed E-state index contributed by atoms with van der Waals surface area (Å²) in [5.41, 5.74) is 0. The Balaban J connectivity index is 2.91. The first kappa shape index (κ1) is 11.7. The van der Waals surface area contributed by atoms with Gasteiger partial charge in [-0.3, -0.25) is 0 Å². The van der Waals surface area contributed by atoms with Crippen LogP contribution in [0.2, 0.25) is 4.82 Å². The molecule has 1 heterocycles. The van der Waals surface area contributed by atoms with Crippen molar-refractivity contribution in [2.24, 2.45) is 4.99 Å². The molecule has 0 bridgehead atoms. The van der Waals surface area contributed by atoms with Crippen LogP contribution in [0.15, 0.2) is 4.99 Å². The maximum absolute atomic E-state index is 11.8. The average molecular weight is 261 g/mol. The van der Waals surface area contributed by atoms with E-state index in [1.54, 1.807) is 0 Å². The Bertz CT molecular complexity index is 261. The van der Waals surface area contributed by atoms with Gasteiger partial charge in [-0.2, -0.15) is 0 Å². The van der Waals surface area contributed by atoms with Gasteiger partial charge in [0.25, 0.3) is 0 Å². The Morgan fingerprint density at radius 2 is 1.93 bits per heavy atom. The van der Waals surface area contributed by atoms with Crippen molar-refractivity contribution >= 4 is 25.6 Å². The van der Waals surface area contributed by atoms with Crippen LogP contribution in [0.1, 0.15) is 34.6 Å². The number of carbonyl (C=O) groups is 1. The molecule has 0 spiro atoms. The quantitative estimate of drug-likeness (QED) is 0.694. The van der Waals surface area contributed by atoms with E-state index in [4.69, 9.17) is 0 Å². The van der Waals surface area contributed by atoms with Crippen LogP contribution in [0, 0.1) is 0 Å². The number of hydrogen-bond acceptors (Lipinski definition) is 2. The third kappa shape index (κ3) is 2.37. The molecule has 0 radical (unpaired) electrons. The molecule has 1 unspecified atom stereocenters. The molecule has 1 atom stereocenters. The van der Waals surface area contributed by atoms with E-state index in [9.17, 15) is 4.79 Å². The first-order valence-corrected chi connectivity index (χ1v) is 6.85. The summed E-state index contributed by atoms with van der Waals surface area (Å²) in [6, 6.07) is 0.526. The summed E-state index contributed by atoms with van der Waals surface area (Å²) in [7, 11) is 0. The summed E-state index contributed by atoms with van der Waals surface area (Å²) < 4.78 is 1.03. The average Bonchev–Trinajstić information content (AvgIpc) is 2.26. The molecule has 1 saturated heterocycles. The van der Waals surface area contributed by atoms with Gasteiger partial charge < -0.3 is 0 Å². The third-order valence-corrected chi connectivity index (χ3v) is 4.20. The molecule has 1 amide bonds. The summed E-state index contributed by atoms with van der Waals surface area (Å²) >= 11 is 0.228. The monoisotopic (exact) mass is 262 g/mol. The number of carbonyl (C=O) groups excluding carboxylic acids is 1. The zero-order valence-electron chi connectivity index (χ0n) is 9.44. The molecular formula is C10H18N2OSe. The predicted octanol–water partition coefficient (Wildman–Crippen LogP) is 1.51. The fraction of sp³-hybridized carbons (Fsp3) is 0.800. The Morgan fingerprint density at radius 1 is 1.36 bits per heavy atom. The molecule has 0 aliphatic carbocycles. The third-order valence-electron chi connectivity index (χ3n) is 1.96. The van der Waals surface area contributed by atoms with Crippen molar-refractivity contribution in [1.82, 2.24) is 4.90 Å². The molecule has 0 aromatic carbocycles. The molecule has 1 rings (SSSR count). The summed E-state index contributed by atoms with van der Waals surface area (Å²) in [5.74, 6) is 0.249. The van der Waals surface area contributed by atoms with Gasteiger partial charge in [0, 0.05) is 0 Å². The Morgan fingerprint density at radius 3 is 2.36 bits per heavy atom. The number of aliphatic imine (C=N–C) groups is 1. The Kier molecular flexibility index (Phi) is 3.73. The van der Waals surface area contributed by atoms with Gasteiger partial charge in [-0.25, -0.2) is 0 Å². The zero-order chi connectivity index (χ0) is 10.9. The van der Waals surface area contributed by atoms with Crippen LogP contribution in [0.25, 0.3) is 0 Å². The Hall–Kier alpha value is -0.341. The molecule has 1 aliphatic rings. The van der Waals surface area contributed by atoms with Crippen molar-refractivity contribution in [3.63, 3.8) is 0 Å². The van der Waals surface area contributed by atoms with Crippen LogP contribution in [-0.2, 0) is 4.79 Å². The van der Waals surface area contributed by atoms with Gasteiger partial charge >= 0.3 is 91.8 Å². The topological polar surface area (TPSA) is 32.7 Å². The normalized spacial score (nSPS) is 25.9. The van der Waals surface area contributed by atoms with Gasteiger partial charge in [0.2, 0.25) is 0 Å². The van der Waals surface area contributed by atoms with E-state index in [1.165, 1.54) is 0 Å². The zero-order valence-corrected chi connectivity index (χ0v) is 11.2. The van der Waals surface area contributed by atoms with E-state index < -0.39 is 0 Å². The fourth-order valence-electron chi connectivity index (χ4n) is 1.34. The van der Waals surface area contributed by atoms with E-state index in [2.05, 4.69) is 18.8 Å². The van der Waals surface area contributed by atoms with E-state index in [1.807, 2.05) is 25.7 Å². The van der Waals surface area contributed by atoms with Crippen molar-refractivity contribution in [1.29, 1.82) is 0 Å². The van der Waals surface area contributed by atoms with Gasteiger partial charge in [0.05, 0.1) is 0 Å². The minimum absolute atomic E-state index is 0.169. The molecule has 0 saturated carbocycles. The molecule has 3 nitrogen and oxygen atoms in total. The van der Waals surface area contributed by atoms with Crippen LogP contribution in [0.3, 0.4) is 0 Å². The first-order valence-electron chi connectivity index (χ1n) is 5.01. The second kappa shape index (κ2) is 4.45. The molecule has 4 heteroatoms. The van der Waals surface area contributed by atoms with Crippen LogP contribution in [-0.4, -0.2) is 42.6 Å². The van der Waals surface area contributed by atoms with Crippen molar-refractivity contribution in [2.75, 3.05) is 0 Å². The molecule has 1 aliphatic heterocycles. The van der Waals surface area contributed by atoms with Gasteiger partial charge in [-0.1, -0.05) is 0 Å². The summed E-state index contributed by atoms with van der Waals surface area (Å²) in [6.07, 6.45) is 0. The second-order valence-electron chi connectivity index (χ2n) is 4.07. The van der Waals surface area contributed by atoms with E-state index >= 15 is 0 Å². The number of amidine groups is 1. The molecular weight excluding hydrogens is 243 g/mol. The van der Waals surface area contributed by atoms with Crippen molar-refractivity contribution in [3.05, 3.63) is 0 Å². The van der Waals surface area contributed by atoms with Crippen LogP contribution >= 0.6 is 0 Å². The van der Waals surface area contributed by atoms with Crippen molar-refractivity contribution in [3.8, 4) is 0 Å². The maximum atomic E-state index is 11.8.